The zero-order valence-electron chi connectivity index (χ0n) is 13.9. The predicted molar refractivity (Wildman–Crippen MR) is 88.2 cm³/mol. The molecular formula is C17H19F3N2O3. The van der Waals surface area contributed by atoms with Gasteiger partial charge in [-0.05, 0) is 30.7 Å². The van der Waals surface area contributed by atoms with E-state index in [1.165, 1.54) is 18.2 Å². The highest BCUT2D eigenvalue weighted by Gasteiger charge is 2.24. The highest BCUT2D eigenvalue weighted by atomic mass is 19.4. The number of nitrogens with one attached hydrogen (secondary N) is 1. The van der Waals surface area contributed by atoms with E-state index in [9.17, 15) is 18.0 Å². The van der Waals surface area contributed by atoms with Gasteiger partial charge < -0.3 is 14.6 Å². The Morgan fingerprint density at radius 3 is 2.40 bits per heavy atom. The summed E-state index contributed by atoms with van der Waals surface area (Å²) in [6, 6.07) is 5.92. The van der Waals surface area contributed by atoms with E-state index in [0.717, 1.165) is 37.1 Å². The molecule has 1 saturated heterocycles. The number of Topliss-reactive ketones (excluding diaryl/α,β-unsaturated/α-hetero) is 1. The summed E-state index contributed by atoms with van der Waals surface area (Å²) in [5.74, 6) is 0.412. The van der Waals surface area contributed by atoms with Gasteiger partial charge in [0.2, 0.25) is 6.29 Å². The van der Waals surface area contributed by atoms with Crippen LogP contribution in [0, 0.1) is 6.92 Å². The van der Waals surface area contributed by atoms with Crippen molar-refractivity contribution in [2.45, 2.75) is 20.0 Å². The maximum atomic E-state index is 11.4. The van der Waals surface area contributed by atoms with Crippen LogP contribution in [0.2, 0.25) is 0 Å². The third-order valence-corrected chi connectivity index (χ3v) is 3.88. The molecule has 1 fully saturated rings. The molecule has 0 unspecified atom stereocenters. The molecule has 3 rings (SSSR count). The molecule has 1 N–H and O–H groups in total. The number of rotatable bonds is 2. The molecule has 1 aliphatic rings. The minimum Gasteiger partial charge on any atom is -0.453 e. The van der Waals surface area contributed by atoms with Gasteiger partial charge in [0.1, 0.15) is 5.58 Å². The van der Waals surface area contributed by atoms with Crippen molar-refractivity contribution in [1.82, 2.24) is 5.32 Å². The number of anilines is 1. The van der Waals surface area contributed by atoms with Gasteiger partial charge in [-0.3, -0.25) is 9.59 Å². The van der Waals surface area contributed by atoms with Gasteiger partial charge in [-0.2, -0.15) is 13.2 Å². The Balaban J connectivity index is 0.000000326. The lowest BCUT2D eigenvalue weighted by Gasteiger charge is -2.30. The van der Waals surface area contributed by atoms with Crippen LogP contribution in [0.3, 0.4) is 0 Å². The van der Waals surface area contributed by atoms with Gasteiger partial charge in [-0.15, -0.1) is 0 Å². The second-order valence-corrected chi connectivity index (χ2v) is 5.68. The third-order valence-electron chi connectivity index (χ3n) is 3.88. The number of carbonyl (C=O) groups excluding carboxylic acids is 2. The predicted octanol–water partition coefficient (Wildman–Crippen LogP) is 3.10. The van der Waals surface area contributed by atoms with E-state index in [2.05, 4.69) is 23.2 Å². The summed E-state index contributed by atoms with van der Waals surface area (Å²) in [7, 11) is 0. The topological polar surface area (TPSA) is 62.6 Å². The molecule has 0 aliphatic carbocycles. The molecule has 1 aromatic heterocycles. The summed E-state index contributed by atoms with van der Waals surface area (Å²) in [6.45, 7) is 7.69. The van der Waals surface area contributed by atoms with Crippen molar-refractivity contribution in [3.05, 3.63) is 29.5 Å². The van der Waals surface area contributed by atoms with Crippen LogP contribution in [0.4, 0.5) is 18.9 Å². The average molecular weight is 356 g/mol. The SMILES string of the molecule is CC(=O)c1cc2c(C)c(N3CCNCC3)ccc2o1.O=CC(F)(F)F. The van der Waals surface area contributed by atoms with Gasteiger partial charge >= 0.3 is 6.18 Å². The fraction of sp³-hybridized carbons (Fsp3) is 0.412. The van der Waals surface area contributed by atoms with Crippen LogP contribution in [0.15, 0.2) is 22.6 Å². The van der Waals surface area contributed by atoms with Crippen molar-refractivity contribution >= 4 is 28.7 Å². The number of aldehydes is 1. The van der Waals surface area contributed by atoms with Crippen molar-refractivity contribution in [1.29, 1.82) is 0 Å². The maximum Gasteiger partial charge on any atom is 0.446 e. The minimum absolute atomic E-state index is 0.0284. The molecule has 8 heteroatoms. The number of hydrogen-bond donors (Lipinski definition) is 1. The zero-order valence-corrected chi connectivity index (χ0v) is 13.9. The minimum atomic E-state index is -4.64. The Labute approximate surface area is 142 Å². The van der Waals surface area contributed by atoms with Crippen molar-refractivity contribution in [3.8, 4) is 0 Å². The Morgan fingerprint density at radius 2 is 1.88 bits per heavy atom. The number of furan rings is 1. The Kier molecular flexibility index (Phi) is 5.84. The van der Waals surface area contributed by atoms with Crippen molar-refractivity contribution in [2.24, 2.45) is 0 Å². The van der Waals surface area contributed by atoms with Crippen molar-refractivity contribution in [2.75, 3.05) is 31.1 Å². The highest BCUT2D eigenvalue weighted by Crippen LogP contribution is 2.30. The number of aryl methyl sites for hydroxylation is 1. The van der Waals surface area contributed by atoms with Gasteiger partial charge in [-0.1, -0.05) is 0 Å². The van der Waals surface area contributed by atoms with Crippen molar-refractivity contribution < 1.29 is 27.2 Å². The van der Waals surface area contributed by atoms with Crippen molar-refractivity contribution in [3.63, 3.8) is 0 Å². The van der Waals surface area contributed by atoms with Crippen LogP contribution in [0.25, 0.3) is 11.0 Å². The molecule has 25 heavy (non-hydrogen) atoms. The molecule has 0 bridgehead atoms. The number of ketones is 1. The van der Waals surface area contributed by atoms with Crippen LogP contribution < -0.4 is 10.2 Å². The molecular weight excluding hydrogens is 337 g/mol. The molecule has 1 aliphatic heterocycles. The van der Waals surface area contributed by atoms with E-state index in [1.807, 2.05) is 12.1 Å². The normalized spacial score (nSPS) is 14.8. The van der Waals surface area contributed by atoms with E-state index in [-0.39, 0.29) is 5.78 Å². The number of hydrogen-bond acceptors (Lipinski definition) is 5. The van der Waals surface area contributed by atoms with Crippen LogP contribution >= 0.6 is 0 Å². The van der Waals surface area contributed by atoms with E-state index in [4.69, 9.17) is 9.21 Å². The van der Waals surface area contributed by atoms with Gasteiger partial charge in [0.25, 0.3) is 0 Å². The third kappa shape index (κ3) is 4.82. The van der Waals surface area contributed by atoms with Gasteiger partial charge in [0, 0.05) is 44.2 Å². The van der Waals surface area contributed by atoms with Crippen LogP contribution in [0.1, 0.15) is 23.0 Å². The average Bonchev–Trinajstić information content (AvgIpc) is 3.01. The summed E-state index contributed by atoms with van der Waals surface area (Å²) in [5.41, 5.74) is 3.22. The van der Waals surface area contributed by atoms with Crippen LogP contribution in [-0.2, 0) is 4.79 Å². The largest absolute Gasteiger partial charge is 0.453 e. The van der Waals surface area contributed by atoms with Gasteiger partial charge in [0.05, 0.1) is 0 Å². The Hall–Kier alpha value is -2.35. The molecule has 0 spiro atoms. The van der Waals surface area contributed by atoms with E-state index < -0.39 is 12.5 Å². The molecule has 0 amide bonds. The smallest absolute Gasteiger partial charge is 0.446 e. The molecule has 0 radical (unpaired) electrons. The highest BCUT2D eigenvalue weighted by molar-refractivity contribution is 5.97. The summed E-state index contributed by atoms with van der Waals surface area (Å²) in [4.78, 5) is 22.5. The summed E-state index contributed by atoms with van der Waals surface area (Å²) >= 11 is 0. The van der Waals surface area contributed by atoms with E-state index >= 15 is 0 Å². The van der Waals surface area contributed by atoms with E-state index in [1.54, 1.807) is 0 Å². The second-order valence-electron chi connectivity index (χ2n) is 5.68. The molecule has 0 saturated carbocycles. The van der Waals surface area contributed by atoms with Crippen LogP contribution in [-0.4, -0.2) is 44.4 Å². The quantitative estimate of drug-likeness (QED) is 0.662. The first-order valence-corrected chi connectivity index (χ1v) is 7.75. The molecule has 1 aromatic carbocycles. The summed E-state index contributed by atoms with van der Waals surface area (Å²) in [5, 5.41) is 4.40. The lowest BCUT2D eigenvalue weighted by molar-refractivity contribution is -0.156. The van der Waals surface area contributed by atoms with E-state index in [0.29, 0.717) is 5.76 Å². The number of carbonyl (C=O) groups is 2. The fourth-order valence-electron chi connectivity index (χ4n) is 2.66. The lowest BCUT2D eigenvalue weighted by atomic mass is 10.1. The Bertz CT molecular complexity index is 762. The fourth-order valence-corrected chi connectivity index (χ4v) is 2.66. The molecule has 2 heterocycles. The monoisotopic (exact) mass is 356 g/mol. The molecule has 136 valence electrons. The molecule has 2 aromatic rings. The first kappa shape index (κ1) is 19.0. The standard InChI is InChI=1S/C15H18N2O2.C2HF3O/c1-10-12-9-15(11(2)18)19-14(12)4-3-13(10)17-7-5-16-6-8-17;3-2(4,5)1-6/h3-4,9,16H,5-8H2,1-2H3;1H. The lowest BCUT2D eigenvalue weighted by Crippen LogP contribution is -2.43. The number of alkyl halides is 3. The first-order chi connectivity index (χ1) is 11.7. The van der Waals surface area contributed by atoms with Gasteiger partial charge in [-0.25, -0.2) is 0 Å². The molecule has 5 nitrogen and oxygen atoms in total. The second kappa shape index (κ2) is 7.69. The van der Waals surface area contributed by atoms with Crippen LogP contribution in [0.5, 0.6) is 0 Å². The van der Waals surface area contributed by atoms with Gasteiger partial charge in [0.15, 0.2) is 11.5 Å². The zero-order chi connectivity index (χ0) is 18.6. The summed E-state index contributed by atoms with van der Waals surface area (Å²) < 4.78 is 36.8. The number of piperazine rings is 1. The number of benzene rings is 1. The molecule has 0 atom stereocenters. The first-order valence-electron chi connectivity index (χ1n) is 7.75. The number of fused-ring (bicyclic) bond motifs is 1. The maximum absolute atomic E-state index is 11.4. The Morgan fingerprint density at radius 1 is 1.28 bits per heavy atom. The number of halogens is 3. The summed E-state index contributed by atoms with van der Waals surface area (Å²) in [6.07, 6.45) is -5.70. The number of nitrogens with zero attached hydrogens (tertiary/aromatic N) is 1.